The monoisotopic (exact) mass is 452 g/mol. The number of hydrogen-bond donors (Lipinski definition) is 2. The number of nitrogens with zero attached hydrogens (tertiary/aromatic N) is 7. The lowest BCUT2D eigenvalue weighted by atomic mass is 9.93. The van der Waals surface area contributed by atoms with Crippen molar-refractivity contribution in [3.8, 4) is 5.13 Å². The minimum atomic E-state index is -1.31. The largest absolute Gasteiger partial charge is 0.477 e. The Kier molecular flexibility index (Phi) is 4.74. The van der Waals surface area contributed by atoms with Gasteiger partial charge in [0.25, 0.3) is 0 Å². The summed E-state index contributed by atoms with van der Waals surface area (Å²) < 4.78 is 1.53. The van der Waals surface area contributed by atoms with Gasteiger partial charge in [0.15, 0.2) is 16.6 Å². The SMILES string of the molecule is Cc1cc(N2CC(C(=O)Cc3nn[nH]n3)C2)nc2c1c(=O)c(C(=O)O)cn2-c1nccs1. The molecule has 1 aliphatic rings. The van der Waals surface area contributed by atoms with Gasteiger partial charge in [-0.1, -0.05) is 5.21 Å². The van der Waals surface area contributed by atoms with E-state index in [4.69, 9.17) is 0 Å². The van der Waals surface area contributed by atoms with Gasteiger partial charge in [-0.15, -0.1) is 21.5 Å². The fourth-order valence-electron chi connectivity index (χ4n) is 3.70. The van der Waals surface area contributed by atoms with Crippen molar-refractivity contribution in [3.05, 3.63) is 51.0 Å². The number of aromatic carboxylic acids is 1. The van der Waals surface area contributed by atoms with Crippen molar-refractivity contribution >= 4 is 39.9 Å². The average Bonchev–Trinajstić information content (AvgIpc) is 3.40. The smallest absolute Gasteiger partial charge is 0.341 e. The zero-order chi connectivity index (χ0) is 22.4. The van der Waals surface area contributed by atoms with Crippen molar-refractivity contribution in [1.82, 2.24) is 35.2 Å². The number of nitrogens with one attached hydrogen (secondary N) is 1. The first kappa shape index (κ1) is 19.9. The average molecular weight is 452 g/mol. The van der Waals surface area contributed by atoms with Crippen LogP contribution in [0.15, 0.2) is 28.6 Å². The Labute approximate surface area is 183 Å². The third kappa shape index (κ3) is 3.32. The third-order valence-corrected chi connectivity index (χ3v) is 6.15. The molecule has 0 atom stereocenters. The van der Waals surface area contributed by atoms with Gasteiger partial charge < -0.3 is 10.0 Å². The number of tetrazole rings is 1. The van der Waals surface area contributed by atoms with E-state index in [1.807, 2.05) is 4.90 Å². The number of anilines is 1. The molecule has 162 valence electrons. The number of Topliss-reactive ketones (excluding diaryl/α,β-unsaturated/α-hetero) is 1. The Morgan fingerprint density at radius 2 is 2.16 bits per heavy atom. The number of carboxylic acid groups (broad SMARTS) is 1. The Balaban J connectivity index is 1.50. The van der Waals surface area contributed by atoms with Crippen LogP contribution in [0.5, 0.6) is 0 Å². The maximum atomic E-state index is 12.8. The molecule has 32 heavy (non-hydrogen) atoms. The minimum Gasteiger partial charge on any atom is -0.477 e. The van der Waals surface area contributed by atoms with Crippen molar-refractivity contribution in [2.24, 2.45) is 5.92 Å². The fourth-order valence-corrected chi connectivity index (χ4v) is 4.32. The van der Waals surface area contributed by atoms with E-state index >= 15 is 0 Å². The van der Waals surface area contributed by atoms with E-state index < -0.39 is 11.4 Å². The molecule has 1 saturated heterocycles. The maximum Gasteiger partial charge on any atom is 0.341 e. The van der Waals surface area contributed by atoms with Gasteiger partial charge in [-0.3, -0.25) is 14.2 Å². The highest BCUT2D eigenvalue weighted by atomic mass is 32.1. The number of thiazole rings is 1. The van der Waals surface area contributed by atoms with E-state index in [1.165, 1.54) is 22.1 Å². The Hall–Kier alpha value is -4.00. The lowest BCUT2D eigenvalue weighted by Crippen LogP contribution is -2.51. The van der Waals surface area contributed by atoms with Crippen molar-refractivity contribution < 1.29 is 14.7 Å². The molecular formula is C19H16N8O4S. The molecule has 4 aromatic rings. The minimum absolute atomic E-state index is 0.0194. The molecule has 5 rings (SSSR count). The lowest BCUT2D eigenvalue weighted by molar-refractivity contribution is -0.123. The van der Waals surface area contributed by atoms with Crippen LogP contribution < -0.4 is 10.3 Å². The summed E-state index contributed by atoms with van der Waals surface area (Å²) >= 11 is 1.30. The maximum absolute atomic E-state index is 12.8. The topological polar surface area (TPSA) is 160 Å². The molecule has 0 saturated carbocycles. The van der Waals surface area contributed by atoms with Gasteiger partial charge in [0.05, 0.1) is 17.7 Å². The normalized spacial score (nSPS) is 14.0. The van der Waals surface area contributed by atoms with E-state index in [9.17, 15) is 19.5 Å². The first-order valence-electron chi connectivity index (χ1n) is 9.62. The van der Waals surface area contributed by atoms with Crippen molar-refractivity contribution in [1.29, 1.82) is 0 Å². The number of pyridine rings is 2. The number of ketones is 1. The van der Waals surface area contributed by atoms with Crippen molar-refractivity contribution in [3.63, 3.8) is 0 Å². The molecule has 4 aromatic heterocycles. The highest BCUT2D eigenvalue weighted by Crippen LogP contribution is 2.29. The number of hydrogen-bond acceptors (Lipinski definition) is 10. The van der Waals surface area contributed by atoms with Gasteiger partial charge in [0, 0.05) is 30.9 Å². The van der Waals surface area contributed by atoms with Gasteiger partial charge in [-0.05, 0) is 18.6 Å². The van der Waals surface area contributed by atoms with E-state index in [0.29, 0.717) is 41.1 Å². The number of H-pyrrole nitrogens is 1. The first-order valence-corrected chi connectivity index (χ1v) is 10.5. The standard InChI is InChI=1S/C19H16N8O4S/c1-9-4-14(26-6-10(7-26)12(28)5-13-22-24-25-23-13)21-17-15(9)16(29)11(18(30)31)8-27(17)19-20-2-3-32-19/h2-4,8,10H,5-7H2,1H3,(H,30,31)(H,22,23,24,25). The molecule has 0 bridgehead atoms. The van der Waals surface area contributed by atoms with Crippen LogP contribution in [-0.2, 0) is 11.2 Å². The molecule has 13 heteroatoms. The first-order chi connectivity index (χ1) is 15.4. The molecular weight excluding hydrogens is 436 g/mol. The van der Waals surface area contributed by atoms with Gasteiger partial charge in [-0.2, -0.15) is 5.21 Å². The molecule has 0 unspecified atom stereocenters. The predicted molar refractivity (Wildman–Crippen MR) is 113 cm³/mol. The lowest BCUT2D eigenvalue weighted by Gasteiger charge is -2.39. The molecule has 12 nitrogen and oxygen atoms in total. The number of aromatic amines is 1. The third-order valence-electron chi connectivity index (χ3n) is 5.38. The second-order valence-corrected chi connectivity index (χ2v) is 8.30. The second-order valence-electron chi connectivity index (χ2n) is 7.43. The number of rotatable bonds is 6. The predicted octanol–water partition coefficient (Wildman–Crippen LogP) is 0.610. The molecule has 0 amide bonds. The van der Waals surface area contributed by atoms with Gasteiger partial charge >= 0.3 is 5.97 Å². The van der Waals surface area contributed by atoms with Crippen LogP contribution in [0.3, 0.4) is 0 Å². The summed E-state index contributed by atoms with van der Waals surface area (Å²) in [7, 11) is 0. The number of carbonyl (C=O) groups is 2. The van der Waals surface area contributed by atoms with Gasteiger partial charge in [0.2, 0.25) is 5.43 Å². The molecule has 0 radical (unpaired) electrons. The number of fused-ring (bicyclic) bond motifs is 1. The number of carbonyl (C=O) groups excluding carboxylic acids is 1. The summed E-state index contributed by atoms with van der Waals surface area (Å²) in [5.74, 6) is -0.509. The molecule has 0 aliphatic carbocycles. The Morgan fingerprint density at radius 1 is 1.34 bits per heavy atom. The van der Waals surface area contributed by atoms with E-state index in [1.54, 1.807) is 24.6 Å². The van der Waals surface area contributed by atoms with Crippen LogP contribution >= 0.6 is 11.3 Å². The molecule has 2 N–H and O–H groups in total. The number of carboxylic acids is 1. The van der Waals surface area contributed by atoms with Crippen molar-refractivity contribution in [2.75, 3.05) is 18.0 Å². The summed E-state index contributed by atoms with van der Waals surface area (Å²) in [4.78, 5) is 47.7. The summed E-state index contributed by atoms with van der Waals surface area (Å²) in [6.45, 7) is 2.69. The van der Waals surface area contributed by atoms with Crippen LogP contribution in [0.1, 0.15) is 21.7 Å². The van der Waals surface area contributed by atoms with Crippen LogP contribution in [0.4, 0.5) is 5.82 Å². The second kappa shape index (κ2) is 7.60. The molecule has 0 aromatic carbocycles. The molecule has 1 fully saturated rings. The zero-order valence-electron chi connectivity index (χ0n) is 16.7. The summed E-state index contributed by atoms with van der Waals surface area (Å²) in [5.41, 5.74) is -0.00781. The summed E-state index contributed by atoms with van der Waals surface area (Å²) in [6, 6.07) is 1.74. The number of aromatic nitrogens is 7. The Bertz CT molecular complexity index is 1390. The van der Waals surface area contributed by atoms with Crippen LogP contribution in [0.25, 0.3) is 16.2 Å². The summed E-state index contributed by atoms with van der Waals surface area (Å²) in [6.07, 6.45) is 2.96. The number of aryl methyl sites for hydroxylation is 1. The summed E-state index contributed by atoms with van der Waals surface area (Å²) in [5, 5.41) is 25.4. The van der Waals surface area contributed by atoms with Crippen LogP contribution in [-0.4, -0.2) is 65.1 Å². The highest BCUT2D eigenvalue weighted by molar-refractivity contribution is 7.12. The molecule has 1 aliphatic heterocycles. The van der Waals surface area contributed by atoms with E-state index in [0.717, 1.165) is 0 Å². The van der Waals surface area contributed by atoms with Crippen LogP contribution in [0, 0.1) is 12.8 Å². The fraction of sp³-hybridized carbons (Fsp3) is 0.263. The highest BCUT2D eigenvalue weighted by Gasteiger charge is 2.34. The van der Waals surface area contributed by atoms with Gasteiger partial charge in [0.1, 0.15) is 17.2 Å². The van der Waals surface area contributed by atoms with Gasteiger partial charge in [-0.25, -0.2) is 14.8 Å². The zero-order valence-corrected chi connectivity index (χ0v) is 17.5. The van der Waals surface area contributed by atoms with E-state index in [2.05, 4.69) is 30.6 Å². The molecule has 5 heterocycles. The molecule has 0 spiro atoms. The Morgan fingerprint density at radius 3 is 2.81 bits per heavy atom. The van der Waals surface area contributed by atoms with E-state index in [-0.39, 0.29) is 29.1 Å². The quantitative estimate of drug-likeness (QED) is 0.424. The van der Waals surface area contributed by atoms with Crippen LogP contribution in [0.2, 0.25) is 0 Å². The van der Waals surface area contributed by atoms with Crippen molar-refractivity contribution in [2.45, 2.75) is 13.3 Å².